The van der Waals surface area contributed by atoms with Crippen LogP contribution in [0.15, 0.2) is 54.7 Å². The summed E-state index contributed by atoms with van der Waals surface area (Å²) in [6.07, 6.45) is 3.11. The van der Waals surface area contributed by atoms with E-state index in [-0.39, 0.29) is 5.75 Å². The number of benzene rings is 2. The second-order valence-electron chi connectivity index (χ2n) is 5.06. The van der Waals surface area contributed by atoms with Crippen molar-refractivity contribution >= 4 is 11.4 Å². The second kappa shape index (κ2) is 4.28. The van der Waals surface area contributed by atoms with Crippen LogP contribution in [0.1, 0.15) is 11.1 Å². The summed E-state index contributed by atoms with van der Waals surface area (Å²) in [5, 5.41) is 13.7. The molecule has 0 fully saturated rings. The predicted molar refractivity (Wildman–Crippen MR) is 78.6 cm³/mol. The van der Waals surface area contributed by atoms with Crippen molar-refractivity contribution in [1.29, 1.82) is 0 Å². The van der Waals surface area contributed by atoms with Crippen LogP contribution in [0.25, 0.3) is 5.70 Å². The highest BCUT2D eigenvalue weighted by molar-refractivity contribution is 5.73. The van der Waals surface area contributed by atoms with Gasteiger partial charge in [-0.05, 0) is 24.1 Å². The minimum absolute atomic E-state index is 0.271. The summed E-state index contributed by atoms with van der Waals surface area (Å²) >= 11 is 0. The molecule has 0 aromatic heterocycles. The maximum atomic E-state index is 9.60. The maximum absolute atomic E-state index is 9.60. The maximum Gasteiger partial charge on any atom is 0.117 e. The second-order valence-corrected chi connectivity index (χ2v) is 5.06. The third kappa shape index (κ3) is 1.73. The van der Waals surface area contributed by atoms with Gasteiger partial charge in [0.2, 0.25) is 0 Å². The fraction of sp³-hybridized carbons (Fsp3) is 0.125. The van der Waals surface area contributed by atoms with Gasteiger partial charge in [-0.1, -0.05) is 30.3 Å². The van der Waals surface area contributed by atoms with Crippen LogP contribution in [0.4, 0.5) is 5.69 Å². The molecular weight excluding hydrogens is 250 g/mol. The third-order valence-corrected chi connectivity index (χ3v) is 3.78. The molecule has 0 saturated carbocycles. The molecule has 4 nitrogen and oxygen atoms in total. The van der Waals surface area contributed by atoms with Crippen molar-refractivity contribution in [3.63, 3.8) is 0 Å². The van der Waals surface area contributed by atoms with Crippen LogP contribution in [-0.2, 0) is 6.42 Å². The van der Waals surface area contributed by atoms with Crippen molar-refractivity contribution in [1.82, 2.24) is 10.5 Å². The molecule has 2 aromatic rings. The smallest absolute Gasteiger partial charge is 0.117 e. The van der Waals surface area contributed by atoms with Gasteiger partial charge in [0.15, 0.2) is 0 Å². The fourth-order valence-electron chi connectivity index (χ4n) is 2.79. The van der Waals surface area contributed by atoms with Crippen LogP contribution in [0.2, 0.25) is 0 Å². The highest BCUT2D eigenvalue weighted by Gasteiger charge is 2.27. The molecule has 100 valence electrons. The van der Waals surface area contributed by atoms with E-state index in [2.05, 4.69) is 41.0 Å². The summed E-state index contributed by atoms with van der Waals surface area (Å²) < 4.78 is 0. The minimum Gasteiger partial charge on any atom is -0.508 e. The zero-order chi connectivity index (χ0) is 13.5. The van der Waals surface area contributed by atoms with Gasteiger partial charge < -0.3 is 5.11 Å². The standard InChI is InChI=1S/C16H15N3O/c20-14-6-3-5-13(10-14)19-11-16-15-7-2-1-4-12(15)8-9-18(16)17-19/h1-7,10-11,17,20H,8-9H2. The molecule has 2 aliphatic heterocycles. The molecule has 0 saturated heterocycles. The van der Waals surface area contributed by atoms with Crippen molar-refractivity contribution in [2.24, 2.45) is 0 Å². The van der Waals surface area contributed by atoms with Gasteiger partial charge in [0.05, 0.1) is 11.4 Å². The number of aromatic hydroxyl groups is 1. The van der Waals surface area contributed by atoms with Crippen LogP contribution < -0.4 is 10.5 Å². The Morgan fingerprint density at radius 3 is 2.85 bits per heavy atom. The van der Waals surface area contributed by atoms with Gasteiger partial charge in [-0.3, -0.25) is 10.0 Å². The van der Waals surface area contributed by atoms with Crippen molar-refractivity contribution in [2.75, 3.05) is 11.6 Å². The fourth-order valence-corrected chi connectivity index (χ4v) is 2.79. The summed E-state index contributed by atoms with van der Waals surface area (Å²) in [5.74, 6) is 0.271. The van der Waals surface area contributed by atoms with Crippen LogP contribution >= 0.6 is 0 Å². The summed E-state index contributed by atoms with van der Waals surface area (Å²) in [7, 11) is 0. The summed E-state index contributed by atoms with van der Waals surface area (Å²) in [5.41, 5.74) is 8.09. The number of hydrogen-bond acceptors (Lipinski definition) is 4. The number of nitrogens with one attached hydrogen (secondary N) is 1. The number of hydrazine groups is 2. The summed E-state index contributed by atoms with van der Waals surface area (Å²) in [6, 6.07) is 15.7. The molecular formula is C16H15N3O. The topological polar surface area (TPSA) is 38.7 Å². The van der Waals surface area contributed by atoms with E-state index in [0.717, 1.165) is 18.7 Å². The first-order valence-electron chi connectivity index (χ1n) is 6.73. The molecule has 0 bridgehead atoms. The van der Waals surface area contributed by atoms with E-state index in [4.69, 9.17) is 0 Å². The van der Waals surface area contributed by atoms with Crippen molar-refractivity contribution < 1.29 is 5.11 Å². The van der Waals surface area contributed by atoms with Crippen LogP contribution in [0.3, 0.4) is 0 Å². The quantitative estimate of drug-likeness (QED) is 0.831. The number of rotatable bonds is 1. The van der Waals surface area contributed by atoms with E-state index >= 15 is 0 Å². The minimum atomic E-state index is 0.271. The van der Waals surface area contributed by atoms with E-state index in [1.165, 1.54) is 16.8 Å². The Morgan fingerprint density at radius 2 is 1.95 bits per heavy atom. The lowest BCUT2D eigenvalue weighted by Gasteiger charge is -2.29. The average molecular weight is 265 g/mol. The first kappa shape index (κ1) is 11.4. The lowest BCUT2D eigenvalue weighted by atomic mass is 9.98. The highest BCUT2D eigenvalue weighted by Crippen LogP contribution is 2.32. The molecule has 4 rings (SSSR count). The van der Waals surface area contributed by atoms with Crippen molar-refractivity contribution in [3.05, 3.63) is 65.9 Å². The monoisotopic (exact) mass is 265 g/mol. The number of phenols is 1. The lowest BCUT2D eigenvalue weighted by Crippen LogP contribution is -2.42. The first-order valence-corrected chi connectivity index (χ1v) is 6.73. The van der Waals surface area contributed by atoms with E-state index in [0.29, 0.717) is 0 Å². The van der Waals surface area contributed by atoms with E-state index < -0.39 is 0 Å². The van der Waals surface area contributed by atoms with E-state index in [1.807, 2.05) is 17.1 Å². The number of anilines is 1. The van der Waals surface area contributed by atoms with Crippen LogP contribution in [0.5, 0.6) is 5.75 Å². The molecule has 2 aliphatic rings. The van der Waals surface area contributed by atoms with Crippen LogP contribution in [-0.4, -0.2) is 16.7 Å². The molecule has 0 aliphatic carbocycles. The van der Waals surface area contributed by atoms with E-state index in [9.17, 15) is 5.11 Å². The zero-order valence-electron chi connectivity index (χ0n) is 11.0. The number of phenolic OH excluding ortho intramolecular Hbond substituents is 1. The molecule has 2 heterocycles. The molecule has 4 heteroatoms. The SMILES string of the molecule is Oc1cccc(N2C=C3c4ccccc4CCN3N2)c1. The Morgan fingerprint density at radius 1 is 1.05 bits per heavy atom. The third-order valence-electron chi connectivity index (χ3n) is 3.78. The molecule has 0 amide bonds. The van der Waals surface area contributed by atoms with Crippen molar-refractivity contribution in [2.45, 2.75) is 6.42 Å². The Labute approximate surface area is 117 Å². The Hall–Kier alpha value is -2.46. The average Bonchev–Trinajstić information content (AvgIpc) is 2.92. The highest BCUT2D eigenvalue weighted by atomic mass is 16.3. The van der Waals surface area contributed by atoms with Crippen molar-refractivity contribution in [3.8, 4) is 5.75 Å². The van der Waals surface area contributed by atoms with Gasteiger partial charge in [0.25, 0.3) is 0 Å². The van der Waals surface area contributed by atoms with Gasteiger partial charge in [0, 0.05) is 24.4 Å². The van der Waals surface area contributed by atoms with Gasteiger partial charge in [-0.15, -0.1) is 5.53 Å². The van der Waals surface area contributed by atoms with Gasteiger partial charge in [-0.25, -0.2) is 0 Å². The summed E-state index contributed by atoms with van der Waals surface area (Å²) in [6.45, 7) is 0.943. The van der Waals surface area contributed by atoms with Crippen LogP contribution in [0, 0.1) is 0 Å². The Bertz CT molecular complexity index is 696. The van der Waals surface area contributed by atoms with Gasteiger partial charge in [0.1, 0.15) is 5.75 Å². The Kier molecular flexibility index (Phi) is 2.44. The lowest BCUT2D eigenvalue weighted by molar-refractivity contribution is 0.307. The first-order chi connectivity index (χ1) is 9.81. The molecule has 2 N–H and O–H groups in total. The number of hydrogen-bond donors (Lipinski definition) is 2. The molecule has 0 spiro atoms. The molecule has 0 atom stereocenters. The van der Waals surface area contributed by atoms with Gasteiger partial charge >= 0.3 is 0 Å². The number of nitrogens with zero attached hydrogens (tertiary/aromatic N) is 2. The zero-order valence-corrected chi connectivity index (χ0v) is 11.0. The Balaban J connectivity index is 1.74. The predicted octanol–water partition coefficient (Wildman–Crippen LogP) is 2.49. The summed E-state index contributed by atoms with van der Waals surface area (Å²) in [4.78, 5) is 0. The van der Waals surface area contributed by atoms with Gasteiger partial charge in [-0.2, -0.15) is 0 Å². The number of fused-ring (bicyclic) bond motifs is 3. The molecule has 0 unspecified atom stereocenters. The largest absolute Gasteiger partial charge is 0.508 e. The normalized spacial score (nSPS) is 16.7. The van der Waals surface area contributed by atoms with E-state index in [1.54, 1.807) is 12.1 Å². The molecule has 20 heavy (non-hydrogen) atoms. The molecule has 2 aromatic carbocycles. The molecule has 0 radical (unpaired) electrons.